The second kappa shape index (κ2) is 6.33. The molecule has 1 aliphatic heterocycles. The van der Waals surface area contributed by atoms with E-state index in [1.807, 2.05) is 12.1 Å². The Bertz CT molecular complexity index is 470. The number of alkyl halides is 1. The van der Waals surface area contributed by atoms with E-state index < -0.39 is 0 Å². The molecular weight excluding hydrogens is 306 g/mol. The van der Waals surface area contributed by atoms with Crippen LogP contribution in [-0.2, 0) is 10.1 Å². The van der Waals surface area contributed by atoms with Crippen LogP contribution in [0.4, 0.5) is 0 Å². The smallest absolute Gasteiger partial charge is 0.260 e. The van der Waals surface area contributed by atoms with Crippen molar-refractivity contribution in [1.29, 1.82) is 0 Å². The molecule has 1 fully saturated rings. The number of benzene rings is 1. The highest BCUT2D eigenvalue weighted by atomic mass is 79.9. The molecule has 1 aromatic rings. The maximum Gasteiger partial charge on any atom is 0.260 e. The van der Waals surface area contributed by atoms with Crippen LogP contribution < -0.4 is 0 Å². The van der Waals surface area contributed by atoms with Crippen molar-refractivity contribution in [3.63, 3.8) is 0 Å². The van der Waals surface area contributed by atoms with Gasteiger partial charge >= 0.3 is 0 Å². The van der Waals surface area contributed by atoms with Gasteiger partial charge in [-0.3, -0.25) is 14.5 Å². The topological polar surface area (TPSA) is 37.4 Å². The maximum atomic E-state index is 12.3. The fraction of sp³-hybridized carbons (Fsp3) is 0.467. The highest BCUT2D eigenvalue weighted by Crippen LogP contribution is 2.24. The minimum absolute atomic E-state index is 0.0342. The highest BCUT2D eigenvalue weighted by molar-refractivity contribution is 9.08. The Morgan fingerprint density at radius 3 is 2.63 bits per heavy atom. The van der Waals surface area contributed by atoms with Crippen molar-refractivity contribution in [2.45, 2.75) is 31.5 Å². The SMILES string of the molecule is CCCC1CC(=O)N(C(=O)c2ccc(CBr)cc2)C1. The van der Waals surface area contributed by atoms with Crippen LogP contribution >= 0.6 is 15.9 Å². The van der Waals surface area contributed by atoms with E-state index in [2.05, 4.69) is 22.9 Å². The van der Waals surface area contributed by atoms with Gasteiger partial charge in [0.2, 0.25) is 5.91 Å². The van der Waals surface area contributed by atoms with Gasteiger partial charge in [-0.2, -0.15) is 0 Å². The second-order valence-corrected chi connectivity index (χ2v) is 5.56. The summed E-state index contributed by atoms with van der Waals surface area (Å²) < 4.78 is 0. The summed E-state index contributed by atoms with van der Waals surface area (Å²) >= 11 is 3.37. The molecule has 0 bridgehead atoms. The van der Waals surface area contributed by atoms with Gasteiger partial charge in [0, 0.05) is 23.9 Å². The fourth-order valence-electron chi connectivity index (χ4n) is 2.47. The summed E-state index contributed by atoms with van der Waals surface area (Å²) in [6.45, 7) is 2.68. The summed E-state index contributed by atoms with van der Waals surface area (Å²) in [5.41, 5.74) is 1.71. The minimum Gasteiger partial charge on any atom is -0.278 e. The number of rotatable bonds is 4. The van der Waals surface area contributed by atoms with E-state index in [-0.39, 0.29) is 11.8 Å². The van der Waals surface area contributed by atoms with Gasteiger partial charge < -0.3 is 0 Å². The lowest BCUT2D eigenvalue weighted by atomic mass is 10.0. The van der Waals surface area contributed by atoms with Gasteiger partial charge in [-0.1, -0.05) is 41.4 Å². The molecule has 1 atom stereocenters. The molecule has 1 saturated heterocycles. The monoisotopic (exact) mass is 323 g/mol. The zero-order chi connectivity index (χ0) is 13.8. The molecule has 102 valence electrons. The Kier molecular flexibility index (Phi) is 4.75. The van der Waals surface area contributed by atoms with Gasteiger partial charge in [-0.25, -0.2) is 0 Å². The maximum absolute atomic E-state index is 12.3. The zero-order valence-corrected chi connectivity index (χ0v) is 12.6. The Balaban J connectivity index is 2.08. The molecule has 2 amide bonds. The lowest BCUT2D eigenvalue weighted by molar-refractivity contribution is -0.125. The van der Waals surface area contributed by atoms with Crippen LogP contribution in [0.25, 0.3) is 0 Å². The van der Waals surface area contributed by atoms with Gasteiger partial charge in [0.15, 0.2) is 0 Å². The van der Waals surface area contributed by atoms with Crippen LogP contribution in [0.5, 0.6) is 0 Å². The number of imide groups is 1. The number of amides is 2. The normalized spacial score (nSPS) is 18.9. The number of halogens is 1. The van der Waals surface area contributed by atoms with E-state index in [1.54, 1.807) is 12.1 Å². The van der Waals surface area contributed by atoms with Crippen molar-refractivity contribution < 1.29 is 9.59 Å². The molecule has 0 saturated carbocycles. The van der Waals surface area contributed by atoms with Gasteiger partial charge in [0.25, 0.3) is 5.91 Å². The van der Waals surface area contributed by atoms with Crippen LogP contribution in [-0.4, -0.2) is 23.3 Å². The molecule has 1 aliphatic rings. The number of likely N-dealkylation sites (tertiary alicyclic amines) is 1. The summed E-state index contributed by atoms with van der Waals surface area (Å²) in [5.74, 6) is 0.140. The number of hydrogen-bond donors (Lipinski definition) is 0. The standard InChI is InChI=1S/C15H18BrNO2/c1-2-3-12-8-14(18)17(10-12)15(19)13-6-4-11(9-16)5-7-13/h4-7,12H,2-3,8-10H2,1H3. The molecule has 1 aromatic carbocycles. The molecule has 19 heavy (non-hydrogen) atoms. The van der Waals surface area contributed by atoms with Crippen LogP contribution in [0.1, 0.15) is 42.1 Å². The van der Waals surface area contributed by atoms with Crippen molar-refractivity contribution >= 4 is 27.7 Å². The lowest BCUT2D eigenvalue weighted by Crippen LogP contribution is -2.32. The van der Waals surface area contributed by atoms with Crippen LogP contribution in [0.15, 0.2) is 24.3 Å². The van der Waals surface area contributed by atoms with E-state index in [9.17, 15) is 9.59 Å². The number of hydrogen-bond acceptors (Lipinski definition) is 2. The van der Waals surface area contributed by atoms with Gasteiger partial charge in [-0.15, -0.1) is 0 Å². The van der Waals surface area contributed by atoms with Gasteiger partial charge in [-0.05, 0) is 30.0 Å². The summed E-state index contributed by atoms with van der Waals surface area (Å²) in [6, 6.07) is 7.40. The molecule has 1 heterocycles. The Morgan fingerprint density at radius 1 is 1.37 bits per heavy atom. The average Bonchev–Trinajstić information content (AvgIpc) is 2.79. The molecule has 0 radical (unpaired) electrons. The summed E-state index contributed by atoms with van der Waals surface area (Å²) in [4.78, 5) is 25.6. The van der Waals surface area contributed by atoms with E-state index in [0.717, 1.165) is 23.7 Å². The lowest BCUT2D eigenvalue weighted by Gasteiger charge is -2.14. The fourth-order valence-corrected chi connectivity index (χ4v) is 2.85. The van der Waals surface area contributed by atoms with Crippen LogP contribution in [0, 0.1) is 5.92 Å². The first-order valence-electron chi connectivity index (χ1n) is 6.65. The average molecular weight is 324 g/mol. The van der Waals surface area contributed by atoms with E-state index in [4.69, 9.17) is 0 Å². The molecule has 2 rings (SSSR count). The van der Waals surface area contributed by atoms with E-state index in [0.29, 0.717) is 24.4 Å². The second-order valence-electron chi connectivity index (χ2n) is 5.00. The molecule has 0 aromatic heterocycles. The molecule has 4 heteroatoms. The predicted octanol–water partition coefficient (Wildman–Crippen LogP) is 3.37. The van der Waals surface area contributed by atoms with Crippen LogP contribution in [0.3, 0.4) is 0 Å². The molecule has 3 nitrogen and oxygen atoms in total. The van der Waals surface area contributed by atoms with E-state index in [1.165, 1.54) is 4.90 Å². The highest BCUT2D eigenvalue weighted by Gasteiger charge is 2.33. The zero-order valence-electron chi connectivity index (χ0n) is 11.1. The first kappa shape index (κ1) is 14.3. The summed E-state index contributed by atoms with van der Waals surface area (Å²) in [5, 5.41) is 0.767. The summed E-state index contributed by atoms with van der Waals surface area (Å²) in [6.07, 6.45) is 2.58. The largest absolute Gasteiger partial charge is 0.278 e. The van der Waals surface area contributed by atoms with E-state index >= 15 is 0 Å². The molecule has 1 unspecified atom stereocenters. The van der Waals surface area contributed by atoms with Gasteiger partial charge in [0.1, 0.15) is 0 Å². The first-order valence-corrected chi connectivity index (χ1v) is 7.77. The van der Waals surface area contributed by atoms with Gasteiger partial charge in [0.05, 0.1) is 0 Å². The number of carbonyl (C=O) groups excluding carboxylic acids is 2. The van der Waals surface area contributed by atoms with Crippen molar-refractivity contribution in [1.82, 2.24) is 4.90 Å². The Morgan fingerprint density at radius 2 is 2.05 bits per heavy atom. The Labute approximate surface area is 122 Å². The van der Waals surface area contributed by atoms with Crippen LogP contribution in [0.2, 0.25) is 0 Å². The molecule has 0 N–H and O–H groups in total. The number of carbonyl (C=O) groups is 2. The van der Waals surface area contributed by atoms with Crippen molar-refractivity contribution in [2.75, 3.05) is 6.54 Å². The third-order valence-corrected chi connectivity index (χ3v) is 4.15. The van der Waals surface area contributed by atoms with Crippen molar-refractivity contribution in [2.24, 2.45) is 5.92 Å². The number of nitrogens with zero attached hydrogens (tertiary/aromatic N) is 1. The minimum atomic E-state index is -0.162. The third-order valence-electron chi connectivity index (χ3n) is 3.50. The molecule has 0 aliphatic carbocycles. The van der Waals surface area contributed by atoms with Crippen molar-refractivity contribution in [3.05, 3.63) is 35.4 Å². The quantitative estimate of drug-likeness (QED) is 0.629. The molecular formula is C15H18BrNO2. The Hall–Kier alpha value is -1.16. The molecule has 0 spiro atoms. The third kappa shape index (κ3) is 3.24. The first-order chi connectivity index (χ1) is 9.15. The summed E-state index contributed by atoms with van der Waals surface area (Å²) in [7, 11) is 0. The predicted molar refractivity (Wildman–Crippen MR) is 78.1 cm³/mol. The van der Waals surface area contributed by atoms with Crippen molar-refractivity contribution in [3.8, 4) is 0 Å².